The highest BCUT2D eigenvalue weighted by molar-refractivity contribution is 8.26. The van der Waals surface area contributed by atoms with Gasteiger partial charge in [0.05, 0.1) is 29.7 Å². The van der Waals surface area contributed by atoms with Crippen LogP contribution in [0.5, 0.6) is 0 Å². The second kappa shape index (κ2) is 9.08. The maximum Gasteiger partial charge on any atom is 0.337 e. The SMILES string of the molecule is COC(=O)c1ccc(/C=C2\SC(=S)N(CC(=O)N[C@H]3CSC[C@@H]3O)C2=O)cc1. The maximum atomic E-state index is 12.6. The summed E-state index contributed by atoms with van der Waals surface area (Å²) in [6, 6.07) is 6.31. The molecular formula is C18H18N2O5S3. The number of aliphatic hydroxyl groups excluding tert-OH is 1. The summed E-state index contributed by atoms with van der Waals surface area (Å²) in [4.78, 5) is 38.0. The number of nitrogens with zero attached hydrogens (tertiary/aromatic N) is 1. The molecule has 3 rings (SSSR count). The van der Waals surface area contributed by atoms with Crippen molar-refractivity contribution < 1.29 is 24.2 Å². The Bertz CT molecular complexity index is 840. The summed E-state index contributed by atoms with van der Waals surface area (Å²) in [5, 5.41) is 12.5. The molecule has 1 aromatic rings. The number of hydrogen-bond acceptors (Lipinski definition) is 8. The Morgan fingerprint density at radius 2 is 2.07 bits per heavy atom. The summed E-state index contributed by atoms with van der Waals surface area (Å²) in [7, 11) is 1.31. The molecule has 148 valence electrons. The summed E-state index contributed by atoms with van der Waals surface area (Å²) < 4.78 is 4.96. The minimum Gasteiger partial charge on any atom is -0.465 e. The van der Waals surface area contributed by atoms with E-state index in [2.05, 4.69) is 10.1 Å². The Hall–Kier alpha value is -1.88. The number of aliphatic hydroxyl groups is 1. The fraction of sp³-hybridized carbons (Fsp3) is 0.333. The van der Waals surface area contributed by atoms with E-state index < -0.39 is 12.1 Å². The van der Waals surface area contributed by atoms with Crippen LogP contribution in [0.25, 0.3) is 6.08 Å². The average molecular weight is 439 g/mol. The topological polar surface area (TPSA) is 95.9 Å². The number of hydrogen-bond donors (Lipinski definition) is 2. The number of esters is 1. The minimum atomic E-state index is -0.576. The summed E-state index contributed by atoms with van der Waals surface area (Å²) in [6.45, 7) is -0.183. The smallest absolute Gasteiger partial charge is 0.337 e. The second-order valence-corrected chi connectivity index (χ2v) is 8.91. The van der Waals surface area contributed by atoms with E-state index in [9.17, 15) is 19.5 Å². The number of benzene rings is 1. The van der Waals surface area contributed by atoms with Gasteiger partial charge < -0.3 is 15.2 Å². The fourth-order valence-corrected chi connectivity index (χ4v) is 5.12. The van der Waals surface area contributed by atoms with E-state index in [4.69, 9.17) is 12.2 Å². The summed E-state index contributed by atoms with van der Waals surface area (Å²) in [6.07, 6.45) is 1.09. The number of methoxy groups -OCH3 is 1. The van der Waals surface area contributed by atoms with Gasteiger partial charge in [0.2, 0.25) is 5.91 Å². The van der Waals surface area contributed by atoms with Crippen molar-refractivity contribution in [3.8, 4) is 0 Å². The van der Waals surface area contributed by atoms with Crippen LogP contribution < -0.4 is 5.32 Å². The average Bonchev–Trinajstić information content (AvgIpc) is 3.19. The lowest BCUT2D eigenvalue weighted by Gasteiger charge is -2.18. The molecule has 2 aliphatic heterocycles. The molecular weight excluding hydrogens is 420 g/mol. The van der Waals surface area contributed by atoms with Crippen molar-refractivity contribution >= 4 is 63.9 Å². The maximum absolute atomic E-state index is 12.6. The third kappa shape index (κ3) is 4.75. The van der Waals surface area contributed by atoms with Crippen LogP contribution >= 0.6 is 35.7 Å². The van der Waals surface area contributed by atoms with Gasteiger partial charge in [0, 0.05) is 11.5 Å². The van der Waals surface area contributed by atoms with Crippen molar-refractivity contribution in [1.82, 2.24) is 10.2 Å². The van der Waals surface area contributed by atoms with Gasteiger partial charge in [-0.3, -0.25) is 14.5 Å². The molecule has 0 aliphatic carbocycles. The molecule has 2 atom stereocenters. The van der Waals surface area contributed by atoms with E-state index in [-0.39, 0.29) is 24.4 Å². The van der Waals surface area contributed by atoms with Gasteiger partial charge in [0.15, 0.2) is 0 Å². The van der Waals surface area contributed by atoms with Crippen molar-refractivity contribution in [3.63, 3.8) is 0 Å². The summed E-state index contributed by atoms with van der Waals surface area (Å²) in [5.74, 6) is 0.0979. The lowest BCUT2D eigenvalue weighted by Crippen LogP contribution is -2.47. The highest BCUT2D eigenvalue weighted by Gasteiger charge is 2.34. The molecule has 2 fully saturated rings. The molecule has 2 heterocycles. The van der Waals surface area contributed by atoms with Crippen molar-refractivity contribution in [2.75, 3.05) is 25.2 Å². The second-order valence-electron chi connectivity index (χ2n) is 6.16. The van der Waals surface area contributed by atoms with Gasteiger partial charge in [-0.15, -0.1) is 0 Å². The van der Waals surface area contributed by atoms with E-state index in [1.807, 2.05) is 0 Å². The molecule has 0 unspecified atom stereocenters. The van der Waals surface area contributed by atoms with Crippen LogP contribution in [0.1, 0.15) is 15.9 Å². The number of ether oxygens (including phenoxy) is 1. The Morgan fingerprint density at radius 3 is 2.68 bits per heavy atom. The molecule has 0 saturated carbocycles. The lowest BCUT2D eigenvalue weighted by molar-refractivity contribution is -0.129. The van der Waals surface area contributed by atoms with Gasteiger partial charge in [-0.25, -0.2) is 4.79 Å². The van der Waals surface area contributed by atoms with Gasteiger partial charge in [0.1, 0.15) is 10.9 Å². The minimum absolute atomic E-state index is 0.183. The first-order chi connectivity index (χ1) is 13.4. The Kier molecular flexibility index (Phi) is 6.76. The van der Waals surface area contributed by atoms with Crippen LogP contribution in [0.2, 0.25) is 0 Å². The number of thioether (sulfide) groups is 2. The lowest BCUT2D eigenvalue weighted by atomic mass is 10.1. The first-order valence-electron chi connectivity index (χ1n) is 8.38. The van der Waals surface area contributed by atoms with Crippen molar-refractivity contribution in [2.24, 2.45) is 0 Å². The zero-order chi connectivity index (χ0) is 20.3. The number of amides is 2. The highest BCUT2D eigenvalue weighted by atomic mass is 32.2. The third-order valence-corrected chi connectivity index (χ3v) is 6.75. The molecule has 1 aromatic carbocycles. The molecule has 2 saturated heterocycles. The number of rotatable bonds is 5. The van der Waals surface area contributed by atoms with Crippen LogP contribution in [-0.2, 0) is 14.3 Å². The molecule has 28 heavy (non-hydrogen) atoms. The Labute approximate surface area is 175 Å². The molecule has 2 N–H and O–H groups in total. The molecule has 0 spiro atoms. The molecule has 0 aromatic heterocycles. The highest BCUT2D eigenvalue weighted by Crippen LogP contribution is 2.32. The van der Waals surface area contributed by atoms with Gasteiger partial charge in [-0.1, -0.05) is 36.1 Å². The standard InChI is InChI=1S/C18H18N2O5S3/c1-25-17(24)11-4-2-10(3-5-11)6-14-16(23)20(18(26)28-14)7-15(22)19-12-8-27-9-13(12)21/h2-6,12-13,21H,7-9H2,1H3,(H,19,22)/b14-6-/t12-,13-/m0/s1. The van der Waals surface area contributed by atoms with Gasteiger partial charge >= 0.3 is 5.97 Å². The quantitative estimate of drug-likeness (QED) is 0.403. The number of nitrogens with one attached hydrogen (secondary N) is 1. The number of carbonyl (C=O) groups is 3. The number of thiocarbonyl (C=S) groups is 1. The zero-order valence-electron chi connectivity index (χ0n) is 14.9. The van der Waals surface area contributed by atoms with Gasteiger partial charge in [-0.05, 0) is 23.8 Å². The van der Waals surface area contributed by atoms with Crippen molar-refractivity contribution in [2.45, 2.75) is 12.1 Å². The van der Waals surface area contributed by atoms with E-state index in [1.54, 1.807) is 42.1 Å². The van der Waals surface area contributed by atoms with Gasteiger partial charge in [0.25, 0.3) is 5.91 Å². The fourth-order valence-electron chi connectivity index (χ4n) is 2.70. The Morgan fingerprint density at radius 1 is 1.36 bits per heavy atom. The van der Waals surface area contributed by atoms with E-state index in [0.717, 1.165) is 17.3 Å². The van der Waals surface area contributed by atoms with Crippen molar-refractivity contribution in [3.05, 3.63) is 40.3 Å². The van der Waals surface area contributed by atoms with E-state index >= 15 is 0 Å². The summed E-state index contributed by atoms with van der Waals surface area (Å²) in [5.41, 5.74) is 1.14. The molecule has 7 nitrogen and oxygen atoms in total. The Balaban J connectivity index is 1.64. The predicted molar refractivity (Wildman–Crippen MR) is 113 cm³/mol. The van der Waals surface area contributed by atoms with Crippen LogP contribution in [0.15, 0.2) is 29.2 Å². The normalized spacial score (nSPS) is 23.4. The monoisotopic (exact) mass is 438 g/mol. The van der Waals surface area contributed by atoms with Gasteiger partial charge in [-0.2, -0.15) is 11.8 Å². The predicted octanol–water partition coefficient (Wildman–Crippen LogP) is 1.27. The molecule has 0 bridgehead atoms. The molecule has 2 aliphatic rings. The van der Waals surface area contributed by atoms with Crippen molar-refractivity contribution in [1.29, 1.82) is 0 Å². The zero-order valence-corrected chi connectivity index (χ0v) is 17.4. The van der Waals surface area contributed by atoms with Crippen LogP contribution in [0, 0.1) is 0 Å². The summed E-state index contributed by atoms with van der Waals surface area (Å²) >= 11 is 7.93. The molecule has 2 amide bonds. The largest absolute Gasteiger partial charge is 0.465 e. The molecule has 10 heteroatoms. The van der Waals surface area contributed by atoms with Crippen LogP contribution in [0.3, 0.4) is 0 Å². The van der Waals surface area contributed by atoms with E-state index in [0.29, 0.717) is 26.3 Å². The first kappa shape index (κ1) is 20.8. The number of carbonyl (C=O) groups excluding carboxylic acids is 3. The molecule has 0 radical (unpaired) electrons. The first-order valence-corrected chi connectivity index (χ1v) is 10.8. The van der Waals surface area contributed by atoms with Crippen LogP contribution in [0.4, 0.5) is 0 Å². The van der Waals surface area contributed by atoms with E-state index in [1.165, 1.54) is 12.0 Å². The van der Waals surface area contributed by atoms with Crippen LogP contribution in [-0.4, -0.2) is 69.4 Å². The third-order valence-electron chi connectivity index (χ3n) is 4.20.